The first-order valence-corrected chi connectivity index (χ1v) is 7.24. The summed E-state index contributed by atoms with van der Waals surface area (Å²) < 4.78 is 5.56. The molecule has 17 heavy (non-hydrogen) atoms. The maximum absolute atomic E-state index is 12.6. The largest absolute Gasteiger partial charge is 0.377 e. The lowest BCUT2D eigenvalue weighted by Gasteiger charge is -2.38. The third kappa shape index (κ3) is 2.49. The lowest BCUT2D eigenvalue weighted by molar-refractivity contribution is -0.146. The van der Waals surface area contributed by atoms with E-state index in [9.17, 15) is 4.79 Å². The monoisotopic (exact) mass is 237 g/mol. The van der Waals surface area contributed by atoms with Gasteiger partial charge in [0.25, 0.3) is 0 Å². The molecule has 1 amide bonds. The van der Waals surface area contributed by atoms with E-state index in [0.717, 1.165) is 38.5 Å². The molecule has 96 valence electrons. The number of morpholine rings is 1. The molecule has 3 fully saturated rings. The van der Waals surface area contributed by atoms with E-state index in [2.05, 4.69) is 4.90 Å². The van der Waals surface area contributed by atoms with Crippen LogP contribution in [-0.4, -0.2) is 36.6 Å². The van der Waals surface area contributed by atoms with E-state index in [4.69, 9.17) is 4.74 Å². The Kier molecular flexibility index (Phi) is 3.37. The molecule has 1 atom stereocenters. The van der Waals surface area contributed by atoms with Gasteiger partial charge in [0.2, 0.25) is 5.91 Å². The fraction of sp³-hybridized carbons (Fsp3) is 0.929. The summed E-state index contributed by atoms with van der Waals surface area (Å²) in [6.07, 6.45) is 8.63. The molecule has 3 nitrogen and oxygen atoms in total. The molecule has 3 heteroatoms. The molecule has 3 rings (SSSR count). The molecule has 0 radical (unpaired) electrons. The van der Waals surface area contributed by atoms with E-state index in [0.29, 0.717) is 17.9 Å². The quantitative estimate of drug-likeness (QED) is 0.737. The molecule has 2 aliphatic carbocycles. The summed E-state index contributed by atoms with van der Waals surface area (Å²) >= 11 is 0. The molecular weight excluding hydrogens is 214 g/mol. The van der Waals surface area contributed by atoms with Crippen molar-refractivity contribution >= 4 is 5.91 Å². The summed E-state index contributed by atoms with van der Waals surface area (Å²) in [6.45, 7) is 2.35. The zero-order valence-corrected chi connectivity index (χ0v) is 10.6. The van der Waals surface area contributed by atoms with Gasteiger partial charge in [0, 0.05) is 12.5 Å². The summed E-state index contributed by atoms with van der Waals surface area (Å²) in [4.78, 5) is 14.7. The molecule has 2 saturated carbocycles. The second-order valence-electron chi connectivity index (χ2n) is 5.85. The molecule has 1 unspecified atom stereocenters. The topological polar surface area (TPSA) is 29.5 Å². The van der Waals surface area contributed by atoms with E-state index in [-0.39, 0.29) is 0 Å². The van der Waals surface area contributed by atoms with Gasteiger partial charge in [0.15, 0.2) is 0 Å². The minimum absolute atomic E-state index is 0.322. The zero-order chi connectivity index (χ0) is 11.7. The van der Waals surface area contributed by atoms with Crippen molar-refractivity contribution in [2.45, 2.75) is 51.0 Å². The van der Waals surface area contributed by atoms with Crippen LogP contribution in [0.1, 0.15) is 44.9 Å². The summed E-state index contributed by atoms with van der Waals surface area (Å²) in [5.41, 5.74) is 0. The first-order valence-electron chi connectivity index (χ1n) is 7.24. The maximum Gasteiger partial charge on any atom is 0.226 e. The first kappa shape index (κ1) is 11.5. The lowest BCUT2D eigenvalue weighted by Crippen LogP contribution is -2.52. The fourth-order valence-corrected chi connectivity index (χ4v) is 3.35. The number of amides is 1. The Morgan fingerprint density at radius 1 is 1.06 bits per heavy atom. The van der Waals surface area contributed by atoms with E-state index in [1.807, 2.05) is 0 Å². The number of ether oxygens (including phenoxy) is 1. The highest BCUT2D eigenvalue weighted by atomic mass is 16.5. The van der Waals surface area contributed by atoms with Crippen LogP contribution in [0.15, 0.2) is 0 Å². The standard InChI is InChI=1S/C14H23NO2/c16-14(12-4-2-1-3-5-12)15-8-9-17-10-13(15)11-6-7-11/h11-13H,1-10H2. The predicted octanol–water partition coefficient (Wildman–Crippen LogP) is 2.20. The lowest BCUT2D eigenvalue weighted by atomic mass is 9.87. The molecule has 0 spiro atoms. The third-order valence-electron chi connectivity index (χ3n) is 4.57. The van der Waals surface area contributed by atoms with E-state index in [1.165, 1.54) is 32.1 Å². The predicted molar refractivity (Wildman–Crippen MR) is 65.6 cm³/mol. The average Bonchev–Trinajstić information content (AvgIpc) is 3.23. The Morgan fingerprint density at radius 3 is 2.53 bits per heavy atom. The highest BCUT2D eigenvalue weighted by molar-refractivity contribution is 5.79. The molecule has 0 aromatic carbocycles. The van der Waals surface area contributed by atoms with Crippen molar-refractivity contribution in [2.24, 2.45) is 11.8 Å². The van der Waals surface area contributed by atoms with Gasteiger partial charge in [0.1, 0.15) is 0 Å². The summed E-state index contributed by atoms with van der Waals surface area (Å²) in [6, 6.07) is 0.401. The maximum atomic E-state index is 12.6. The van der Waals surface area contributed by atoms with Crippen LogP contribution in [0, 0.1) is 11.8 Å². The van der Waals surface area contributed by atoms with Crippen LogP contribution in [0.3, 0.4) is 0 Å². The highest BCUT2D eigenvalue weighted by Crippen LogP contribution is 2.38. The van der Waals surface area contributed by atoms with Gasteiger partial charge in [-0.05, 0) is 31.6 Å². The van der Waals surface area contributed by atoms with Gasteiger partial charge in [-0.15, -0.1) is 0 Å². The number of rotatable bonds is 2. The molecule has 1 aliphatic heterocycles. The number of carbonyl (C=O) groups is 1. The number of nitrogens with zero attached hydrogens (tertiary/aromatic N) is 1. The number of carbonyl (C=O) groups excluding carboxylic acids is 1. The van der Waals surface area contributed by atoms with Gasteiger partial charge in [0.05, 0.1) is 19.3 Å². The fourth-order valence-electron chi connectivity index (χ4n) is 3.35. The van der Waals surface area contributed by atoms with Crippen LogP contribution in [-0.2, 0) is 9.53 Å². The molecular formula is C14H23NO2. The zero-order valence-electron chi connectivity index (χ0n) is 10.6. The van der Waals surface area contributed by atoms with Crippen LogP contribution in [0.2, 0.25) is 0 Å². The van der Waals surface area contributed by atoms with Crippen molar-refractivity contribution < 1.29 is 9.53 Å². The van der Waals surface area contributed by atoms with Crippen LogP contribution >= 0.6 is 0 Å². The molecule has 0 N–H and O–H groups in total. The number of hydrogen-bond donors (Lipinski definition) is 0. The van der Waals surface area contributed by atoms with E-state index < -0.39 is 0 Å². The molecule has 3 aliphatic rings. The molecule has 0 bridgehead atoms. The Balaban J connectivity index is 1.65. The Labute approximate surface area is 104 Å². The van der Waals surface area contributed by atoms with Crippen molar-refractivity contribution in [3.8, 4) is 0 Å². The van der Waals surface area contributed by atoms with Crippen molar-refractivity contribution in [2.75, 3.05) is 19.8 Å². The molecule has 0 aromatic heterocycles. The van der Waals surface area contributed by atoms with Crippen molar-refractivity contribution in [3.05, 3.63) is 0 Å². The van der Waals surface area contributed by atoms with Crippen LogP contribution in [0.25, 0.3) is 0 Å². The van der Waals surface area contributed by atoms with Gasteiger partial charge >= 0.3 is 0 Å². The SMILES string of the molecule is O=C(C1CCCCC1)N1CCOCC1C1CC1. The summed E-state index contributed by atoms with van der Waals surface area (Å²) in [5, 5.41) is 0. The summed E-state index contributed by atoms with van der Waals surface area (Å²) in [7, 11) is 0. The smallest absolute Gasteiger partial charge is 0.226 e. The first-order chi connectivity index (χ1) is 8.36. The Hall–Kier alpha value is -0.570. The number of hydrogen-bond acceptors (Lipinski definition) is 2. The second kappa shape index (κ2) is 4.97. The van der Waals surface area contributed by atoms with Crippen molar-refractivity contribution in [1.29, 1.82) is 0 Å². The third-order valence-corrected chi connectivity index (χ3v) is 4.57. The summed E-state index contributed by atoms with van der Waals surface area (Å²) in [5.74, 6) is 1.50. The van der Waals surface area contributed by atoms with E-state index >= 15 is 0 Å². The Morgan fingerprint density at radius 2 is 1.82 bits per heavy atom. The minimum Gasteiger partial charge on any atom is -0.377 e. The Bertz CT molecular complexity index is 282. The minimum atomic E-state index is 0.322. The van der Waals surface area contributed by atoms with Gasteiger partial charge in [-0.25, -0.2) is 0 Å². The molecule has 1 heterocycles. The van der Waals surface area contributed by atoms with Gasteiger partial charge in [-0.3, -0.25) is 4.79 Å². The van der Waals surface area contributed by atoms with Gasteiger partial charge in [-0.2, -0.15) is 0 Å². The van der Waals surface area contributed by atoms with E-state index in [1.54, 1.807) is 0 Å². The molecule has 1 saturated heterocycles. The second-order valence-corrected chi connectivity index (χ2v) is 5.85. The van der Waals surface area contributed by atoms with Gasteiger partial charge < -0.3 is 9.64 Å². The normalized spacial score (nSPS) is 31.5. The van der Waals surface area contributed by atoms with Gasteiger partial charge in [-0.1, -0.05) is 19.3 Å². The average molecular weight is 237 g/mol. The van der Waals surface area contributed by atoms with Crippen LogP contribution in [0.5, 0.6) is 0 Å². The van der Waals surface area contributed by atoms with Crippen molar-refractivity contribution in [1.82, 2.24) is 4.90 Å². The van der Waals surface area contributed by atoms with Crippen LogP contribution in [0.4, 0.5) is 0 Å². The van der Waals surface area contributed by atoms with Crippen LogP contribution < -0.4 is 0 Å². The molecule has 0 aromatic rings. The highest BCUT2D eigenvalue weighted by Gasteiger charge is 2.40. The van der Waals surface area contributed by atoms with Crippen molar-refractivity contribution in [3.63, 3.8) is 0 Å².